The maximum Gasteiger partial charge on any atom is 0.261 e. The van der Waals surface area contributed by atoms with Crippen molar-refractivity contribution in [3.05, 3.63) is 59.3 Å². The van der Waals surface area contributed by atoms with E-state index in [2.05, 4.69) is 20.7 Å². The first-order valence-corrected chi connectivity index (χ1v) is 10.4. The molecule has 2 aromatic rings. The van der Waals surface area contributed by atoms with Crippen molar-refractivity contribution in [1.82, 2.24) is 15.1 Å². The van der Waals surface area contributed by atoms with Crippen LogP contribution < -0.4 is 20.1 Å². The molecule has 4 rings (SSSR count). The summed E-state index contributed by atoms with van der Waals surface area (Å²) in [6.07, 6.45) is 10.3. The minimum atomic E-state index is -0.461. The van der Waals surface area contributed by atoms with Crippen LogP contribution in [0, 0.1) is 5.41 Å². The highest BCUT2D eigenvalue weighted by Gasteiger charge is 2.31. The molecule has 3 N–H and O–H groups in total. The van der Waals surface area contributed by atoms with Gasteiger partial charge in [0, 0.05) is 55.0 Å². The zero-order valence-corrected chi connectivity index (χ0v) is 18.3. The van der Waals surface area contributed by atoms with Gasteiger partial charge < -0.3 is 25.5 Å². The first-order valence-electron chi connectivity index (χ1n) is 10.4. The number of aliphatic imine (C=N–C) groups is 1. The third kappa shape index (κ3) is 4.56. The lowest BCUT2D eigenvalue weighted by atomic mass is 10.0. The Morgan fingerprint density at radius 3 is 2.97 bits per heavy atom. The summed E-state index contributed by atoms with van der Waals surface area (Å²) in [5.74, 6) is 1.06. The first-order chi connectivity index (χ1) is 15.4. The van der Waals surface area contributed by atoms with Crippen LogP contribution in [0.1, 0.15) is 31.9 Å². The van der Waals surface area contributed by atoms with Gasteiger partial charge in [-0.1, -0.05) is 0 Å². The number of ether oxygens (including phenoxy) is 2. The molecule has 1 aromatic heterocycles. The Bertz CT molecular complexity index is 1140. The van der Waals surface area contributed by atoms with Crippen LogP contribution in [-0.2, 0) is 24.4 Å². The second-order valence-electron chi connectivity index (χ2n) is 8.13. The van der Waals surface area contributed by atoms with E-state index in [4.69, 9.17) is 14.9 Å². The highest BCUT2D eigenvalue weighted by atomic mass is 16.5. The third-order valence-electron chi connectivity index (χ3n) is 5.07. The molecule has 3 heterocycles. The summed E-state index contributed by atoms with van der Waals surface area (Å²) in [5.41, 5.74) is 2.18. The second-order valence-corrected chi connectivity index (χ2v) is 8.13. The largest absolute Gasteiger partial charge is 0.487 e. The lowest BCUT2D eigenvalue weighted by molar-refractivity contribution is -0.112. The summed E-state index contributed by atoms with van der Waals surface area (Å²) in [5, 5.41) is 17.7. The van der Waals surface area contributed by atoms with Gasteiger partial charge in [0.05, 0.1) is 17.5 Å². The number of hydrogen-bond acceptors (Lipinski definition) is 7. The van der Waals surface area contributed by atoms with E-state index in [0.29, 0.717) is 30.3 Å². The van der Waals surface area contributed by atoms with E-state index in [-0.39, 0.29) is 11.2 Å². The molecule has 0 spiro atoms. The van der Waals surface area contributed by atoms with Gasteiger partial charge in [-0.15, -0.1) is 0 Å². The van der Waals surface area contributed by atoms with Crippen molar-refractivity contribution in [3.8, 4) is 11.5 Å². The smallest absolute Gasteiger partial charge is 0.261 e. The topological polar surface area (TPSA) is 114 Å². The maximum absolute atomic E-state index is 13.0. The highest BCUT2D eigenvalue weighted by molar-refractivity contribution is 6.18. The van der Waals surface area contributed by atoms with Crippen molar-refractivity contribution in [2.75, 3.05) is 5.32 Å². The molecule has 0 aliphatic carbocycles. The van der Waals surface area contributed by atoms with Crippen LogP contribution in [0.5, 0.6) is 11.5 Å². The predicted octanol–water partition coefficient (Wildman–Crippen LogP) is 3.18. The first kappa shape index (κ1) is 21.4. The molecular formula is C23H26N6O3. The summed E-state index contributed by atoms with van der Waals surface area (Å²) in [4.78, 5) is 17.1. The zero-order valence-electron chi connectivity index (χ0n) is 18.3. The molecule has 2 aliphatic rings. The number of carbonyl (C=O) groups is 1. The summed E-state index contributed by atoms with van der Waals surface area (Å²) in [6.45, 7) is 7.11. The molecule has 0 saturated carbocycles. The van der Waals surface area contributed by atoms with Gasteiger partial charge >= 0.3 is 0 Å². The molecule has 32 heavy (non-hydrogen) atoms. The average molecular weight is 435 g/mol. The Morgan fingerprint density at radius 1 is 1.44 bits per heavy atom. The lowest BCUT2D eigenvalue weighted by Gasteiger charge is -2.17. The molecule has 166 valence electrons. The summed E-state index contributed by atoms with van der Waals surface area (Å²) in [7, 11) is 0. The molecule has 0 fully saturated rings. The minimum absolute atomic E-state index is 0.109. The quantitative estimate of drug-likeness (QED) is 0.458. The van der Waals surface area contributed by atoms with Crippen molar-refractivity contribution in [2.45, 2.75) is 45.9 Å². The third-order valence-corrected chi connectivity index (χ3v) is 5.07. The number of allylic oxidation sites excluding steroid dienone is 1. The molecule has 1 amide bonds. The number of amides is 1. The minimum Gasteiger partial charge on any atom is -0.487 e. The van der Waals surface area contributed by atoms with Crippen LogP contribution in [0.25, 0.3) is 0 Å². The van der Waals surface area contributed by atoms with E-state index in [9.17, 15) is 4.79 Å². The molecular weight excluding hydrogens is 408 g/mol. The van der Waals surface area contributed by atoms with Gasteiger partial charge in [-0.05, 0) is 32.9 Å². The van der Waals surface area contributed by atoms with Gasteiger partial charge in [0.1, 0.15) is 29.5 Å². The zero-order chi connectivity index (χ0) is 22.7. The Hall–Kier alpha value is -3.88. The fourth-order valence-electron chi connectivity index (χ4n) is 3.57. The van der Waals surface area contributed by atoms with E-state index in [0.717, 1.165) is 29.6 Å². The van der Waals surface area contributed by atoms with Crippen LogP contribution in [0.2, 0.25) is 0 Å². The summed E-state index contributed by atoms with van der Waals surface area (Å²) < 4.78 is 13.9. The maximum atomic E-state index is 13.0. The SMILES string of the molecule is CCn1cc(COc2cc3c(cc2NC(=O)/C(C=N)=C2\N=CC=CN2)CC(C)(C)O3)cn1. The number of carbonyl (C=O) groups excluding carboxylic acids is 1. The number of aryl methyl sites for hydroxylation is 1. The number of nitrogens with one attached hydrogen (secondary N) is 3. The predicted molar refractivity (Wildman–Crippen MR) is 122 cm³/mol. The van der Waals surface area contributed by atoms with E-state index >= 15 is 0 Å². The Labute approximate surface area is 186 Å². The number of hydrogen-bond donors (Lipinski definition) is 3. The van der Waals surface area contributed by atoms with Crippen LogP contribution in [0.15, 0.2) is 53.2 Å². The van der Waals surface area contributed by atoms with Gasteiger partial charge in [-0.25, -0.2) is 4.99 Å². The van der Waals surface area contributed by atoms with E-state index in [1.54, 1.807) is 30.8 Å². The fourth-order valence-corrected chi connectivity index (χ4v) is 3.57. The molecule has 0 unspecified atom stereocenters. The van der Waals surface area contributed by atoms with Crippen molar-refractivity contribution in [2.24, 2.45) is 4.99 Å². The average Bonchev–Trinajstić information content (AvgIpc) is 3.35. The van der Waals surface area contributed by atoms with Crippen LogP contribution in [-0.4, -0.2) is 33.7 Å². The fraction of sp³-hybridized carbons (Fsp3) is 0.304. The number of aromatic nitrogens is 2. The van der Waals surface area contributed by atoms with E-state index in [1.165, 1.54) is 0 Å². The van der Waals surface area contributed by atoms with Gasteiger partial charge in [0.25, 0.3) is 5.91 Å². The van der Waals surface area contributed by atoms with Crippen LogP contribution >= 0.6 is 0 Å². The Morgan fingerprint density at radius 2 is 2.28 bits per heavy atom. The number of nitrogens with zero attached hydrogens (tertiary/aromatic N) is 3. The number of rotatable bonds is 7. The van der Waals surface area contributed by atoms with Gasteiger partial charge in [0.2, 0.25) is 0 Å². The second kappa shape index (κ2) is 8.70. The number of benzene rings is 1. The number of fused-ring (bicyclic) bond motifs is 1. The Balaban J connectivity index is 1.62. The monoisotopic (exact) mass is 434 g/mol. The summed E-state index contributed by atoms with van der Waals surface area (Å²) in [6, 6.07) is 3.68. The molecule has 0 bridgehead atoms. The van der Waals surface area contributed by atoms with Crippen molar-refractivity contribution in [1.29, 1.82) is 5.41 Å². The molecule has 2 aliphatic heterocycles. The molecule has 9 heteroatoms. The number of anilines is 1. The normalized spacial score (nSPS) is 17.2. The lowest BCUT2D eigenvalue weighted by Crippen LogP contribution is -2.24. The highest BCUT2D eigenvalue weighted by Crippen LogP contribution is 2.41. The standard InChI is InChI=1S/C23H26N6O3/c1-4-29-13-15(12-27-29)14-31-20-9-19-16(10-23(2,3)32-19)8-18(20)28-22(30)17(11-24)21-25-6-5-7-26-21/h5-9,11-13,24-25H,4,10,14H2,1-3H3,(H,28,30)/b21-17-,24-11?. The van der Waals surface area contributed by atoms with Crippen molar-refractivity contribution in [3.63, 3.8) is 0 Å². The molecule has 9 nitrogen and oxygen atoms in total. The molecule has 0 atom stereocenters. The van der Waals surface area contributed by atoms with Crippen LogP contribution in [0.4, 0.5) is 5.69 Å². The van der Waals surface area contributed by atoms with E-state index in [1.807, 2.05) is 37.7 Å². The van der Waals surface area contributed by atoms with E-state index < -0.39 is 5.91 Å². The Kier molecular flexibility index (Phi) is 5.81. The van der Waals surface area contributed by atoms with Gasteiger partial charge in [0.15, 0.2) is 0 Å². The van der Waals surface area contributed by atoms with Crippen molar-refractivity contribution >= 4 is 24.0 Å². The molecule has 1 aromatic carbocycles. The van der Waals surface area contributed by atoms with Crippen LogP contribution in [0.3, 0.4) is 0 Å². The van der Waals surface area contributed by atoms with Crippen molar-refractivity contribution < 1.29 is 14.3 Å². The molecule has 0 saturated heterocycles. The summed E-state index contributed by atoms with van der Waals surface area (Å²) >= 11 is 0. The van der Waals surface area contributed by atoms with Gasteiger partial charge in [-0.2, -0.15) is 5.10 Å². The molecule has 0 radical (unpaired) electrons. The van der Waals surface area contributed by atoms with Gasteiger partial charge in [-0.3, -0.25) is 9.48 Å².